The van der Waals surface area contributed by atoms with E-state index in [1.165, 1.54) is 29.5 Å². The van der Waals surface area contributed by atoms with Crippen LogP contribution in [0.2, 0.25) is 0 Å². The quantitative estimate of drug-likeness (QED) is 0.859. The minimum atomic E-state index is -0.263. The molecular weight excluding hydrogens is 258 g/mol. The zero-order valence-corrected chi connectivity index (χ0v) is 14.2. The molecule has 0 aliphatic heterocycles. The number of benzene rings is 1. The van der Waals surface area contributed by atoms with Crippen LogP contribution in [0.4, 0.5) is 0 Å². The SMILES string of the molecule is CCN(CC)C1(C(O)Cc2cc(C)cc(C)c2)CCCC1. The van der Waals surface area contributed by atoms with Gasteiger partial charge in [-0.1, -0.05) is 56.0 Å². The monoisotopic (exact) mass is 289 g/mol. The van der Waals surface area contributed by atoms with Crippen molar-refractivity contribution >= 4 is 0 Å². The van der Waals surface area contributed by atoms with Gasteiger partial charge >= 0.3 is 0 Å². The van der Waals surface area contributed by atoms with Gasteiger partial charge in [0, 0.05) is 12.0 Å². The standard InChI is InChI=1S/C19H31NO/c1-5-20(6-2)19(9-7-8-10-19)18(21)14-17-12-15(3)11-16(4)13-17/h11-13,18,21H,5-10,14H2,1-4H3. The van der Waals surface area contributed by atoms with Gasteiger partial charge in [0.1, 0.15) is 0 Å². The van der Waals surface area contributed by atoms with Crippen LogP contribution < -0.4 is 0 Å². The number of aliphatic hydroxyl groups is 1. The smallest absolute Gasteiger partial charge is 0.0764 e. The molecule has 1 unspecified atom stereocenters. The van der Waals surface area contributed by atoms with Crippen LogP contribution in [-0.2, 0) is 6.42 Å². The highest BCUT2D eigenvalue weighted by Crippen LogP contribution is 2.39. The van der Waals surface area contributed by atoms with E-state index in [9.17, 15) is 5.11 Å². The highest BCUT2D eigenvalue weighted by Gasteiger charge is 2.44. The second-order valence-electron chi connectivity index (χ2n) is 6.70. The van der Waals surface area contributed by atoms with Crippen molar-refractivity contribution in [1.29, 1.82) is 0 Å². The molecule has 21 heavy (non-hydrogen) atoms. The summed E-state index contributed by atoms with van der Waals surface area (Å²) in [4.78, 5) is 2.49. The van der Waals surface area contributed by atoms with E-state index in [0.717, 1.165) is 32.4 Å². The summed E-state index contributed by atoms with van der Waals surface area (Å²) in [7, 11) is 0. The van der Waals surface area contributed by atoms with Gasteiger partial charge in [0.05, 0.1) is 6.10 Å². The lowest BCUT2D eigenvalue weighted by molar-refractivity contribution is -0.0244. The fourth-order valence-corrected chi connectivity index (χ4v) is 4.30. The van der Waals surface area contributed by atoms with E-state index >= 15 is 0 Å². The average Bonchev–Trinajstić information content (AvgIpc) is 2.89. The van der Waals surface area contributed by atoms with E-state index in [2.05, 4.69) is 50.8 Å². The first kappa shape index (κ1) is 16.5. The Kier molecular flexibility index (Phi) is 5.45. The highest BCUT2D eigenvalue weighted by atomic mass is 16.3. The van der Waals surface area contributed by atoms with Gasteiger partial charge < -0.3 is 5.11 Å². The van der Waals surface area contributed by atoms with Gasteiger partial charge in [0.15, 0.2) is 0 Å². The van der Waals surface area contributed by atoms with Crippen molar-refractivity contribution in [3.8, 4) is 0 Å². The predicted octanol–water partition coefficient (Wildman–Crippen LogP) is 3.86. The Bertz CT molecular complexity index is 438. The summed E-state index contributed by atoms with van der Waals surface area (Å²) >= 11 is 0. The predicted molar refractivity (Wildman–Crippen MR) is 89.7 cm³/mol. The summed E-state index contributed by atoms with van der Waals surface area (Å²) < 4.78 is 0. The fraction of sp³-hybridized carbons (Fsp3) is 0.684. The summed E-state index contributed by atoms with van der Waals surface area (Å²) in [6, 6.07) is 6.65. The molecule has 0 amide bonds. The molecule has 118 valence electrons. The maximum absolute atomic E-state index is 11.0. The summed E-state index contributed by atoms with van der Waals surface area (Å²) in [5.74, 6) is 0. The third kappa shape index (κ3) is 3.49. The average molecular weight is 289 g/mol. The molecule has 1 N–H and O–H groups in total. The van der Waals surface area contributed by atoms with Crippen molar-refractivity contribution < 1.29 is 5.11 Å². The van der Waals surface area contributed by atoms with Gasteiger partial charge in [0.2, 0.25) is 0 Å². The Morgan fingerprint density at radius 2 is 1.57 bits per heavy atom. The van der Waals surface area contributed by atoms with E-state index in [-0.39, 0.29) is 11.6 Å². The molecule has 0 saturated heterocycles. The Hall–Kier alpha value is -0.860. The first-order valence-corrected chi connectivity index (χ1v) is 8.52. The van der Waals surface area contributed by atoms with Crippen LogP contribution in [0.5, 0.6) is 0 Å². The molecule has 1 aliphatic rings. The second-order valence-corrected chi connectivity index (χ2v) is 6.70. The highest BCUT2D eigenvalue weighted by molar-refractivity contribution is 5.29. The van der Waals surface area contributed by atoms with Crippen molar-refractivity contribution in [2.24, 2.45) is 0 Å². The molecule has 1 aromatic rings. The maximum Gasteiger partial charge on any atom is 0.0764 e. The van der Waals surface area contributed by atoms with Crippen LogP contribution in [0.25, 0.3) is 0 Å². The van der Waals surface area contributed by atoms with Crippen LogP contribution in [0.1, 0.15) is 56.2 Å². The van der Waals surface area contributed by atoms with E-state index in [0.29, 0.717) is 0 Å². The van der Waals surface area contributed by atoms with Crippen molar-refractivity contribution in [3.05, 3.63) is 34.9 Å². The number of aliphatic hydroxyl groups excluding tert-OH is 1. The first-order chi connectivity index (χ1) is 10.0. The van der Waals surface area contributed by atoms with Gasteiger partial charge in [-0.3, -0.25) is 4.90 Å². The van der Waals surface area contributed by atoms with Crippen LogP contribution in [0.3, 0.4) is 0 Å². The fourth-order valence-electron chi connectivity index (χ4n) is 4.30. The molecule has 2 rings (SSSR count). The molecule has 0 radical (unpaired) electrons. The largest absolute Gasteiger partial charge is 0.391 e. The summed E-state index contributed by atoms with van der Waals surface area (Å²) in [5.41, 5.74) is 3.86. The van der Waals surface area contributed by atoms with Crippen molar-refractivity contribution in [2.45, 2.75) is 71.4 Å². The molecule has 0 heterocycles. The van der Waals surface area contributed by atoms with E-state index in [1.807, 2.05) is 0 Å². The number of rotatable bonds is 6. The summed E-state index contributed by atoms with van der Waals surface area (Å²) in [6.07, 6.45) is 5.29. The Balaban J connectivity index is 2.20. The number of hydrogen-bond donors (Lipinski definition) is 1. The molecule has 2 heteroatoms. The Morgan fingerprint density at radius 3 is 2.05 bits per heavy atom. The van der Waals surface area contributed by atoms with Gasteiger partial charge in [-0.05, 0) is 45.3 Å². The lowest BCUT2D eigenvalue weighted by atomic mass is 9.84. The molecule has 0 spiro atoms. The van der Waals surface area contributed by atoms with Crippen LogP contribution in [0.15, 0.2) is 18.2 Å². The third-order valence-electron chi connectivity index (χ3n) is 5.19. The number of nitrogens with zero attached hydrogens (tertiary/aromatic N) is 1. The molecule has 1 aromatic carbocycles. The number of likely N-dealkylation sites (N-methyl/N-ethyl adjacent to an activating group) is 1. The van der Waals surface area contributed by atoms with Crippen molar-refractivity contribution in [1.82, 2.24) is 4.90 Å². The molecular formula is C19H31NO. The molecule has 1 saturated carbocycles. The molecule has 1 fully saturated rings. The third-order valence-corrected chi connectivity index (χ3v) is 5.19. The van der Waals surface area contributed by atoms with Gasteiger partial charge in [0.25, 0.3) is 0 Å². The molecule has 1 aliphatic carbocycles. The summed E-state index contributed by atoms with van der Waals surface area (Å²) in [5, 5.41) is 11.0. The van der Waals surface area contributed by atoms with Gasteiger partial charge in [-0.2, -0.15) is 0 Å². The molecule has 1 atom stereocenters. The van der Waals surface area contributed by atoms with E-state index in [4.69, 9.17) is 0 Å². The van der Waals surface area contributed by atoms with Gasteiger partial charge in [-0.15, -0.1) is 0 Å². The van der Waals surface area contributed by atoms with Crippen LogP contribution in [-0.4, -0.2) is 34.7 Å². The normalized spacial score (nSPS) is 19.1. The minimum Gasteiger partial charge on any atom is -0.391 e. The zero-order chi connectivity index (χ0) is 15.5. The molecule has 2 nitrogen and oxygen atoms in total. The Labute approximate surface area is 130 Å². The lowest BCUT2D eigenvalue weighted by Crippen LogP contribution is -2.55. The number of hydrogen-bond acceptors (Lipinski definition) is 2. The molecule has 0 aromatic heterocycles. The topological polar surface area (TPSA) is 23.5 Å². The van der Waals surface area contributed by atoms with Crippen LogP contribution in [0, 0.1) is 13.8 Å². The lowest BCUT2D eigenvalue weighted by Gasteiger charge is -2.44. The van der Waals surface area contributed by atoms with Crippen LogP contribution >= 0.6 is 0 Å². The summed E-state index contributed by atoms with van der Waals surface area (Å²) in [6.45, 7) is 10.8. The number of aryl methyl sites for hydroxylation is 2. The van der Waals surface area contributed by atoms with E-state index in [1.54, 1.807) is 0 Å². The first-order valence-electron chi connectivity index (χ1n) is 8.52. The van der Waals surface area contributed by atoms with Crippen molar-refractivity contribution in [2.75, 3.05) is 13.1 Å². The Morgan fingerprint density at radius 1 is 1.05 bits per heavy atom. The zero-order valence-electron chi connectivity index (χ0n) is 14.2. The van der Waals surface area contributed by atoms with E-state index < -0.39 is 0 Å². The second kappa shape index (κ2) is 6.93. The van der Waals surface area contributed by atoms with Gasteiger partial charge in [-0.25, -0.2) is 0 Å². The molecule has 0 bridgehead atoms. The maximum atomic E-state index is 11.0. The van der Waals surface area contributed by atoms with Crippen molar-refractivity contribution in [3.63, 3.8) is 0 Å². The minimum absolute atomic E-state index is 0.00114.